The van der Waals surface area contributed by atoms with Gasteiger partial charge in [0.1, 0.15) is 17.7 Å². The molecular weight excluding hydrogens is 813 g/mol. The number of nitrogens with two attached hydrogens (primary N) is 1. The van der Waals surface area contributed by atoms with Gasteiger partial charge in [0.2, 0.25) is 5.91 Å². The normalized spacial score (nSPS) is 17.6. The number of ether oxygens (including phenoxy) is 2. The van der Waals surface area contributed by atoms with Gasteiger partial charge < -0.3 is 44.9 Å². The average Bonchev–Trinajstić information content (AvgIpc) is 4.16. The van der Waals surface area contributed by atoms with E-state index < -0.39 is 23.8 Å². The third-order valence-corrected chi connectivity index (χ3v) is 12.5. The van der Waals surface area contributed by atoms with Crippen LogP contribution in [0.25, 0.3) is 33.6 Å². The summed E-state index contributed by atoms with van der Waals surface area (Å²) in [6.45, 7) is 6.98. The van der Waals surface area contributed by atoms with Gasteiger partial charge in [-0.15, -0.1) is 0 Å². The molecule has 0 radical (unpaired) electrons. The van der Waals surface area contributed by atoms with Crippen LogP contribution in [0.5, 0.6) is 0 Å². The van der Waals surface area contributed by atoms with Crippen molar-refractivity contribution >= 4 is 24.0 Å². The summed E-state index contributed by atoms with van der Waals surface area (Å²) in [5.41, 5.74) is 11.4. The fourth-order valence-electron chi connectivity index (χ4n) is 8.70. The van der Waals surface area contributed by atoms with E-state index in [1.165, 1.54) is 7.11 Å². The summed E-state index contributed by atoms with van der Waals surface area (Å²) < 4.78 is 12.2. The van der Waals surface area contributed by atoms with E-state index in [1.807, 2.05) is 79.2 Å². The molecule has 0 saturated carbocycles. The number of nitrogens with zero attached hydrogens (tertiary/aromatic N) is 6. The van der Waals surface area contributed by atoms with Crippen LogP contribution in [-0.2, 0) is 32.0 Å². The zero-order valence-corrected chi connectivity index (χ0v) is 36.5. The number of benzene rings is 3. The highest BCUT2D eigenvalue weighted by Crippen LogP contribution is 2.37. The highest BCUT2D eigenvalue weighted by Gasteiger charge is 2.47. The van der Waals surface area contributed by atoms with Gasteiger partial charge in [0, 0.05) is 38.2 Å². The monoisotopic (exact) mass is 866 g/mol. The number of nitrogens with one attached hydrogen (secondary N) is 3. The summed E-state index contributed by atoms with van der Waals surface area (Å²) in [6, 6.07) is 25.0. The van der Waals surface area contributed by atoms with Crippen LogP contribution < -0.4 is 11.1 Å². The maximum Gasteiger partial charge on any atom is 0.407 e. The van der Waals surface area contributed by atoms with E-state index in [2.05, 4.69) is 49.5 Å². The molecule has 0 spiro atoms. The van der Waals surface area contributed by atoms with Gasteiger partial charge in [0.05, 0.1) is 55.0 Å². The second kappa shape index (κ2) is 18.6. The number of carbonyl (C=O) groups is 4. The molecule has 3 aromatic carbocycles. The second-order valence-corrected chi connectivity index (χ2v) is 17.0. The van der Waals surface area contributed by atoms with E-state index in [9.17, 15) is 19.2 Å². The number of primary amides is 1. The topological polar surface area (TPSA) is 206 Å². The lowest BCUT2D eigenvalue weighted by Crippen LogP contribution is -2.53. The van der Waals surface area contributed by atoms with Crippen molar-refractivity contribution in [1.82, 2.24) is 44.6 Å². The van der Waals surface area contributed by atoms with Crippen LogP contribution in [0.15, 0.2) is 104 Å². The Bertz CT molecular complexity index is 2580. The van der Waals surface area contributed by atoms with Gasteiger partial charge in [0.25, 0.3) is 5.91 Å². The van der Waals surface area contributed by atoms with Crippen molar-refractivity contribution in [3.8, 4) is 33.6 Å². The van der Waals surface area contributed by atoms with Crippen molar-refractivity contribution in [3.63, 3.8) is 0 Å². The lowest BCUT2D eigenvalue weighted by Gasteiger charge is -2.36. The third kappa shape index (κ3) is 9.26. The predicted molar refractivity (Wildman–Crippen MR) is 239 cm³/mol. The molecule has 4 atom stereocenters. The molecule has 0 unspecified atom stereocenters. The van der Waals surface area contributed by atoms with Crippen molar-refractivity contribution in [1.29, 1.82) is 0 Å². The minimum atomic E-state index is -1.38. The zero-order valence-electron chi connectivity index (χ0n) is 36.5. The van der Waals surface area contributed by atoms with Gasteiger partial charge in [-0.05, 0) is 60.4 Å². The van der Waals surface area contributed by atoms with E-state index >= 15 is 0 Å². The summed E-state index contributed by atoms with van der Waals surface area (Å²) in [6.07, 6.45) is 8.82. The molecule has 5 heterocycles. The molecule has 64 heavy (non-hydrogen) atoms. The molecule has 5 N–H and O–H groups in total. The van der Waals surface area contributed by atoms with Gasteiger partial charge in [-0.3, -0.25) is 9.59 Å². The first-order chi connectivity index (χ1) is 30.9. The maximum atomic E-state index is 14.1. The molecule has 2 aliphatic rings. The highest BCUT2D eigenvalue weighted by molar-refractivity contribution is 5.88. The standard InChI is InChI=1S/C48H54N10O6/c1-30(2)48(3,64-46(49)61)45(60)58-23-9-13-41(58)43-51-26-39(54-43)35-20-16-33(17-21-35)32-14-18-34(19-15-32)38-25-50-42(53-38)40-12-8-22-57(40)44(59)37(55-47(62)63-4)24-36-28-56(29-52-36)27-31-10-6-5-7-11-31/h5-7,10-11,14-21,25-26,28-30,37,40-41H,8-9,12-13,22-24,27H2,1-4H3,(H2,49,61)(H,50,53)(H,51,54)(H,55,62)/t37-,40-,41-,48-/m0/s1. The molecule has 0 bridgehead atoms. The fourth-order valence-corrected chi connectivity index (χ4v) is 8.70. The summed E-state index contributed by atoms with van der Waals surface area (Å²) in [4.78, 5) is 76.4. The molecule has 2 saturated heterocycles. The van der Waals surface area contributed by atoms with Crippen molar-refractivity contribution in [3.05, 3.63) is 127 Å². The van der Waals surface area contributed by atoms with E-state index in [1.54, 1.807) is 35.4 Å². The Morgan fingerprint density at radius 3 is 1.89 bits per heavy atom. The smallest absolute Gasteiger partial charge is 0.407 e. The van der Waals surface area contributed by atoms with Crippen molar-refractivity contribution in [2.45, 2.75) is 83.1 Å². The number of carbonyl (C=O) groups excluding carboxylic acids is 4. The second-order valence-electron chi connectivity index (χ2n) is 17.0. The summed E-state index contributed by atoms with van der Waals surface area (Å²) in [5.74, 6) is 0.582. The number of hydrogen-bond donors (Lipinski definition) is 4. The van der Waals surface area contributed by atoms with Crippen LogP contribution >= 0.6 is 0 Å². The Hall–Kier alpha value is -7.23. The van der Waals surface area contributed by atoms with Gasteiger partial charge >= 0.3 is 12.2 Å². The molecule has 0 aliphatic carbocycles. The number of methoxy groups -OCH3 is 1. The first-order valence-corrected chi connectivity index (χ1v) is 21.7. The molecular formula is C48H54N10O6. The van der Waals surface area contributed by atoms with Crippen molar-refractivity contribution in [2.75, 3.05) is 20.2 Å². The van der Waals surface area contributed by atoms with Gasteiger partial charge in [0.15, 0.2) is 5.60 Å². The Kier molecular flexibility index (Phi) is 12.6. The molecule has 6 aromatic rings. The van der Waals surface area contributed by atoms with Crippen LogP contribution in [0, 0.1) is 5.92 Å². The van der Waals surface area contributed by atoms with Crippen molar-refractivity contribution in [2.24, 2.45) is 11.7 Å². The number of hydrogen-bond acceptors (Lipinski definition) is 9. The van der Waals surface area contributed by atoms with E-state index in [4.69, 9.17) is 20.2 Å². The van der Waals surface area contributed by atoms with Crippen LogP contribution in [0.2, 0.25) is 0 Å². The first-order valence-electron chi connectivity index (χ1n) is 21.7. The number of H-pyrrole nitrogens is 2. The number of likely N-dealkylation sites (tertiary alicyclic amines) is 2. The lowest BCUT2D eigenvalue weighted by molar-refractivity contribution is -0.155. The predicted octanol–water partition coefficient (Wildman–Crippen LogP) is 7.18. The largest absolute Gasteiger partial charge is 0.453 e. The molecule has 2 fully saturated rings. The van der Waals surface area contributed by atoms with Crippen molar-refractivity contribution < 1.29 is 28.7 Å². The number of aromatic nitrogens is 6. The van der Waals surface area contributed by atoms with Gasteiger partial charge in [-0.1, -0.05) is 92.7 Å². The molecule has 3 aromatic heterocycles. The number of amides is 4. The van der Waals surface area contributed by atoms with E-state index in [-0.39, 0.29) is 36.2 Å². The summed E-state index contributed by atoms with van der Waals surface area (Å²) in [5, 5.41) is 2.75. The van der Waals surface area contributed by atoms with E-state index in [0.29, 0.717) is 37.0 Å². The lowest BCUT2D eigenvalue weighted by atomic mass is 9.90. The van der Waals surface area contributed by atoms with Crippen LogP contribution in [0.1, 0.15) is 81.4 Å². The number of rotatable bonds is 14. The Morgan fingerprint density at radius 2 is 1.34 bits per heavy atom. The molecule has 4 amide bonds. The van der Waals surface area contributed by atoms with Crippen LogP contribution in [0.3, 0.4) is 0 Å². The van der Waals surface area contributed by atoms with E-state index in [0.717, 1.165) is 64.9 Å². The summed E-state index contributed by atoms with van der Waals surface area (Å²) in [7, 11) is 1.28. The van der Waals surface area contributed by atoms with Gasteiger partial charge in [-0.2, -0.15) is 0 Å². The third-order valence-electron chi connectivity index (χ3n) is 12.5. The summed E-state index contributed by atoms with van der Waals surface area (Å²) >= 11 is 0. The average molecular weight is 867 g/mol. The first kappa shape index (κ1) is 43.4. The van der Waals surface area contributed by atoms with Gasteiger partial charge in [-0.25, -0.2) is 24.5 Å². The Balaban J connectivity index is 0.911. The van der Waals surface area contributed by atoms with Crippen LogP contribution in [-0.4, -0.2) is 95.1 Å². The minimum absolute atomic E-state index is 0.209. The Morgan fingerprint density at radius 1 is 0.797 bits per heavy atom. The van der Waals surface area contributed by atoms with Crippen LogP contribution in [0.4, 0.5) is 9.59 Å². The number of alkyl carbamates (subject to hydrolysis) is 1. The molecule has 16 nitrogen and oxygen atoms in total. The number of aromatic amines is 2. The molecule has 8 rings (SSSR count). The quantitative estimate of drug-likeness (QED) is 0.0874. The Labute approximate surface area is 371 Å². The molecule has 16 heteroatoms. The zero-order chi connectivity index (χ0) is 45.0. The maximum absolute atomic E-state index is 14.1. The minimum Gasteiger partial charge on any atom is -0.453 e. The SMILES string of the molecule is COC(=O)N[C@@H](Cc1cn(Cc2ccccc2)cn1)C(=O)N1CCC[C@H]1c1ncc(-c2ccc(-c3ccc(-c4cnc([C@@H]5CCCN5C(=O)[C@@](C)(OC(N)=O)C(C)C)[nH]4)cc3)cc2)[nH]1. The molecule has 2 aliphatic heterocycles. The highest BCUT2D eigenvalue weighted by atomic mass is 16.6. The number of imidazole rings is 3. The molecule has 332 valence electrons. The fraction of sp³-hybridized carbons (Fsp3) is 0.354.